The maximum atomic E-state index is 11.7. The summed E-state index contributed by atoms with van der Waals surface area (Å²) in [6.07, 6.45) is -0.390. The van der Waals surface area contributed by atoms with E-state index >= 15 is 0 Å². The topological polar surface area (TPSA) is 48.0 Å². The summed E-state index contributed by atoms with van der Waals surface area (Å²) in [5.74, 6) is 1.17. The lowest BCUT2D eigenvalue weighted by Gasteiger charge is -2.20. The second-order valence-corrected chi connectivity index (χ2v) is 5.60. The molecule has 0 spiro atoms. The predicted octanol–water partition coefficient (Wildman–Crippen LogP) is 2.62. The Kier molecular flexibility index (Phi) is 7.11. The van der Waals surface area contributed by atoms with Crippen LogP contribution >= 0.6 is 0 Å². The highest BCUT2D eigenvalue weighted by Gasteiger charge is 2.15. The molecule has 2 aromatic carbocycles. The minimum absolute atomic E-state index is 0.133. The zero-order valence-electron chi connectivity index (χ0n) is 14.1. The van der Waals surface area contributed by atoms with Crippen molar-refractivity contribution >= 4 is 5.97 Å². The summed E-state index contributed by atoms with van der Waals surface area (Å²) in [7, 11) is 3.63. The molecule has 0 amide bonds. The predicted molar refractivity (Wildman–Crippen MR) is 92.3 cm³/mol. The van der Waals surface area contributed by atoms with Crippen molar-refractivity contribution < 1.29 is 19.0 Å². The van der Waals surface area contributed by atoms with E-state index in [4.69, 9.17) is 14.2 Å². The van der Waals surface area contributed by atoms with Gasteiger partial charge in [-0.1, -0.05) is 36.4 Å². The van der Waals surface area contributed by atoms with Crippen LogP contribution in [0.2, 0.25) is 0 Å². The molecule has 5 heteroatoms. The van der Waals surface area contributed by atoms with Gasteiger partial charge in [-0.2, -0.15) is 0 Å². The van der Waals surface area contributed by atoms with Gasteiger partial charge in [0, 0.05) is 0 Å². The molecule has 0 aliphatic heterocycles. The van der Waals surface area contributed by atoms with E-state index in [1.807, 2.05) is 74.8 Å². The van der Waals surface area contributed by atoms with Gasteiger partial charge in [0.2, 0.25) is 0 Å². The van der Waals surface area contributed by atoms with Crippen molar-refractivity contribution in [3.05, 3.63) is 60.7 Å². The zero-order chi connectivity index (χ0) is 17.2. The Balaban J connectivity index is 1.91. The molecule has 1 atom stereocenters. The van der Waals surface area contributed by atoms with Crippen molar-refractivity contribution in [1.82, 2.24) is 4.90 Å². The van der Waals surface area contributed by atoms with Crippen LogP contribution in [0.15, 0.2) is 60.7 Å². The second-order valence-electron chi connectivity index (χ2n) is 5.60. The average Bonchev–Trinajstić information content (AvgIpc) is 2.58. The molecule has 0 saturated heterocycles. The molecule has 5 nitrogen and oxygen atoms in total. The van der Waals surface area contributed by atoms with Crippen molar-refractivity contribution in [1.29, 1.82) is 0 Å². The first-order chi connectivity index (χ1) is 11.6. The minimum atomic E-state index is -0.390. The molecule has 0 fully saturated rings. The van der Waals surface area contributed by atoms with Gasteiger partial charge in [0.15, 0.2) is 6.10 Å². The molecule has 0 aliphatic carbocycles. The number of benzene rings is 2. The normalized spacial score (nSPS) is 11.8. The number of esters is 1. The number of hydrogen-bond acceptors (Lipinski definition) is 5. The average molecular weight is 329 g/mol. The van der Waals surface area contributed by atoms with Gasteiger partial charge in [0.05, 0.1) is 6.54 Å². The summed E-state index contributed by atoms with van der Waals surface area (Å²) >= 11 is 0. The van der Waals surface area contributed by atoms with Crippen LogP contribution in [0, 0.1) is 0 Å². The number of carbonyl (C=O) groups excluding carboxylic acids is 1. The fourth-order valence-electron chi connectivity index (χ4n) is 2.00. The van der Waals surface area contributed by atoms with Crippen molar-refractivity contribution in [3.8, 4) is 11.5 Å². The molecular formula is C19H23NO4. The molecule has 1 unspecified atom stereocenters. The lowest BCUT2D eigenvalue weighted by Crippen LogP contribution is -2.33. The van der Waals surface area contributed by atoms with Gasteiger partial charge in [-0.25, -0.2) is 0 Å². The molecule has 0 heterocycles. The van der Waals surface area contributed by atoms with Crippen LogP contribution in [0.25, 0.3) is 0 Å². The van der Waals surface area contributed by atoms with E-state index in [-0.39, 0.29) is 25.7 Å². The Hall–Kier alpha value is -2.53. The molecule has 2 rings (SSSR count). The Morgan fingerprint density at radius 3 is 2.08 bits per heavy atom. The van der Waals surface area contributed by atoms with Gasteiger partial charge in [-0.3, -0.25) is 9.69 Å². The number of likely N-dealkylation sites (N-methyl/N-ethyl adjacent to an activating group) is 1. The third-order valence-electron chi connectivity index (χ3n) is 3.10. The highest BCUT2D eigenvalue weighted by Crippen LogP contribution is 2.14. The molecule has 0 aliphatic rings. The smallest absolute Gasteiger partial charge is 0.320 e. The van der Waals surface area contributed by atoms with E-state index < -0.39 is 6.10 Å². The lowest BCUT2D eigenvalue weighted by atomic mass is 10.3. The highest BCUT2D eigenvalue weighted by molar-refractivity contribution is 5.71. The number of hydrogen-bond donors (Lipinski definition) is 0. The van der Waals surface area contributed by atoms with Gasteiger partial charge >= 0.3 is 5.97 Å². The number of carbonyl (C=O) groups is 1. The molecular weight excluding hydrogens is 306 g/mol. The van der Waals surface area contributed by atoms with E-state index in [9.17, 15) is 4.79 Å². The first kappa shape index (κ1) is 17.8. The fraction of sp³-hybridized carbons (Fsp3) is 0.316. The molecule has 0 aromatic heterocycles. The quantitative estimate of drug-likeness (QED) is 0.662. The maximum Gasteiger partial charge on any atom is 0.320 e. The largest absolute Gasteiger partial charge is 0.490 e. The van der Waals surface area contributed by atoms with E-state index in [1.165, 1.54) is 0 Å². The number of rotatable bonds is 9. The van der Waals surface area contributed by atoms with Gasteiger partial charge in [0.1, 0.15) is 24.7 Å². The van der Waals surface area contributed by atoms with E-state index in [1.54, 1.807) is 4.90 Å². The molecule has 24 heavy (non-hydrogen) atoms. The van der Waals surface area contributed by atoms with Gasteiger partial charge in [0.25, 0.3) is 0 Å². The van der Waals surface area contributed by atoms with Crippen molar-refractivity contribution in [3.63, 3.8) is 0 Å². The monoisotopic (exact) mass is 329 g/mol. The Bertz CT molecular complexity index is 601. The minimum Gasteiger partial charge on any atom is -0.490 e. The third kappa shape index (κ3) is 6.71. The maximum absolute atomic E-state index is 11.7. The summed E-state index contributed by atoms with van der Waals surface area (Å²) in [6.45, 7) is 0.653. The van der Waals surface area contributed by atoms with Crippen LogP contribution in [0.5, 0.6) is 11.5 Å². The molecule has 0 radical (unpaired) electrons. The molecule has 128 valence electrons. The lowest BCUT2D eigenvalue weighted by molar-refractivity contribution is -0.147. The van der Waals surface area contributed by atoms with Crippen molar-refractivity contribution in [2.45, 2.75) is 6.10 Å². The van der Waals surface area contributed by atoms with Crippen LogP contribution in [0.4, 0.5) is 0 Å². The molecule has 0 N–H and O–H groups in total. The Morgan fingerprint density at radius 1 is 0.917 bits per heavy atom. The number of ether oxygens (including phenoxy) is 3. The first-order valence-electron chi connectivity index (χ1n) is 7.83. The van der Waals surface area contributed by atoms with Gasteiger partial charge in [-0.05, 0) is 38.4 Å². The molecule has 0 saturated carbocycles. The molecule has 0 bridgehead atoms. The van der Waals surface area contributed by atoms with Crippen molar-refractivity contribution in [2.24, 2.45) is 0 Å². The summed E-state index contributed by atoms with van der Waals surface area (Å²) in [5.41, 5.74) is 0. The van der Waals surface area contributed by atoms with Crippen LogP contribution < -0.4 is 9.47 Å². The SMILES string of the molecule is CN(C)CC(=O)OCC(COc1ccccc1)Oc1ccccc1. The second kappa shape index (κ2) is 9.57. The summed E-state index contributed by atoms with van der Waals surface area (Å²) in [5, 5.41) is 0. The number of nitrogens with zero attached hydrogens (tertiary/aromatic N) is 1. The van der Waals surface area contributed by atoms with Gasteiger partial charge < -0.3 is 14.2 Å². The Morgan fingerprint density at radius 2 is 1.50 bits per heavy atom. The van der Waals surface area contributed by atoms with Crippen LogP contribution in [0.1, 0.15) is 0 Å². The third-order valence-corrected chi connectivity index (χ3v) is 3.10. The summed E-state index contributed by atoms with van der Waals surface area (Å²) in [6, 6.07) is 18.9. The first-order valence-corrected chi connectivity index (χ1v) is 7.83. The molecule has 2 aromatic rings. The summed E-state index contributed by atoms with van der Waals surface area (Å²) < 4.78 is 16.9. The van der Waals surface area contributed by atoms with Crippen LogP contribution in [0.3, 0.4) is 0 Å². The van der Waals surface area contributed by atoms with E-state index in [2.05, 4.69) is 0 Å². The van der Waals surface area contributed by atoms with Gasteiger partial charge in [-0.15, -0.1) is 0 Å². The van der Waals surface area contributed by atoms with Crippen LogP contribution in [-0.2, 0) is 9.53 Å². The highest BCUT2D eigenvalue weighted by atomic mass is 16.6. The van der Waals surface area contributed by atoms with E-state index in [0.717, 1.165) is 5.75 Å². The van der Waals surface area contributed by atoms with E-state index in [0.29, 0.717) is 5.75 Å². The van der Waals surface area contributed by atoms with Crippen molar-refractivity contribution in [2.75, 3.05) is 33.9 Å². The summed E-state index contributed by atoms with van der Waals surface area (Å²) in [4.78, 5) is 13.5. The zero-order valence-corrected chi connectivity index (χ0v) is 14.1. The van der Waals surface area contributed by atoms with Crippen LogP contribution in [-0.4, -0.2) is 50.8 Å². The number of para-hydroxylation sites is 2. The Labute approximate surface area is 142 Å². The standard InChI is InChI=1S/C19H23NO4/c1-20(2)13-19(21)23-15-18(24-17-11-7-4-8-12-17)14-22-16-9-5-3-6-10-16/h3-12,18H,13-15H2,1-2H3. The fourth-order valence-corrected chi connectivity index (χ4v) is 2.00.